The first-order chi connectivity index (χ1) is 15.3. The molecule has 160 valence electrons. The van der Waals surface area contributed by atoms with Crippen LogP contribution in [0.3, 0.4) is 0 Å². The topological polar surface area (TPSA) is 68.0 Å². The molecule has 0 N–H and O–H groups in total. The van der Waals surface area contributed by atoms with Crippen LogP contribution in [0.25, 0.3) is 0 Å². The van der Waals surface area contributed by atoms with Crippen LogP contribution in [0.5, 0.6) is 11.5 Å². The number of fused-ring (bicyclic) bond motifs is 1. The quantitative estimate of drug-likeness (QED) is 0.627. The minimum atomic E-state index is -0.0604. The van der Waals surface area contributed by atoms with Crippen LogP contribution in [0.15, 0.2) is 65.4 Å². The summed E-state index contributed by atoms with van der Waals surface area (Å²) in [4.78, 5) is 21.8. The van der Waals surface area contributed by atoms with Gasteiger partial charge in [-0.2, -0.15) is 0 Å². The zero-order valence-corrected chi connectivity index (χ0v) is 17.3. The number of ether oxygens (including phenoxy) is 2. The Labute approximate surface area is 181 Å². The molecule has 5 rings (SSSR count). The molecular formula is C24H25N3O4. The number of furan rings is 1. The van der Waals surface area contributed by atoms with E-state index in [1.54, 1.807) is 18.5 Å². The molecule has 2 aliphatic rings. The maximum Gasteiger partial charge on any atom is 0.273 e. The molecule has 1 amide bonds. The Balaban J connectivity index is 1.30. The number of piperidine rings is 1. The lowest BCUT2D eigenvalue weighted by atomic mass is 10.0. The van der Waals surface area contributed by atoms with Crippen molar-refractivity contribution >= 4 is 11.6 Å². The highest BCUT2D eigenvalue weighted by atomic mass is 16.6. The lowest BCUT2D eigenvalue weighted by molar-refractivity contribution is 0.0608. The first kappa shape index (κ1) is 19.5. The van der Waals surface area contributed by atoms with Gasteiger partial charge in [-0.05, 0) is 49.2 Å². The molecule has 0 unspecified atom stereocenters. The van der Waals surface area contributed by atoms with E-state index in [1.807, 2.05) is 35.2 Å². The number of nitrogens with zero attached hydrogens (tertiary/aromatic N) is 3. The number of pyridine rings is 1. The first-order valence-electron chi connectivity index (χ1n) is 10.7. The SMILES string of the molecule is O=C(c1ccccn1)N(Cc1ccco1)C1CCN(c2ccc3c(c2)OCCO3)CC1. The number of amides is 1. The molecule has 31 heavy (non-hydrogen) atoms. The number of hydrogen-bond acceptors (Lipinski definition) is 6. The molecule has 0 aliphatic carbocycles. The van der Waals surface area contributed by atoms with Gasteiger partial charge in [-0.1, -0.05) is 6.07 Å². The van der Waals surface area contributed by atoms with Gasteiger partial charge in [-0.25, -0.2) is 0 Å². The van der Waals surface area contributed by atoms with E-state index in [4.69, 9.17) is 13.9 Å². The largest absolute Gasteiger partial charge is 0.486 e. The summed E-state index contributed by atoms with van der Waals surface area (Å²) in [5.41, 5.74) is 1.58. The number of aromatic nitrogens is 1. The summed E-state index contributed by atoms with van der Waals surface area (Å²) >= 11 is 0. The maximum absolute atomic E-state index is 13.3. The Morgan fingerprint density at radius 1 is 1.03 bits per heavy atom. The van der Waals surface area contributed by atoms with E-state index in [0.717, 1.165) is 48.9 Å². The summed E-state index contributed by atoms with van der Waals surface area (Å²) in [6.45, 7) is 3.32. The fourth-order valence-electron chi connectivity index (χ4n) is 4.24. The van der Waals surface area contributed by atoms with E-state index in [-0.39, 0.29) is 11.9 Å². The molecule has 0 spiro atoms. The second-order valence-electron chi connectivity index (χ2n) is 7.77. The van der Waals surface area contributed by atoms with Gasteiger partial charge in [-0.15, -0.1) is 0 Å². The predicted molar refractivity (Wildman–Crippen MR) is 115 cm³/mol. The molecule has 0 radical (unpaired) electrons. The van der Waals surface area contributed by atoms with Crippen molar-refractivity contribution in [1.82, 2.24) is 9.88 Å². The molecule has 7 nitrogen and oxygen atoms in total. The standard InChI is InChI=1S/C24H25N3O4/c28-24(21-5-1-2-10-25-21)27(17-20-4-3-13-29-20)18-8-11-26(12-9-18)19-6-7-22-23(16-19)31-15-14-30-22/h1-7,10,13,16,18H,8-9,11-12,14-15,17H2. The van der Waals surface area contributed by atoms with E-state index in [0.29, 0.717) is 25.5 Å². The molecule has 4 heterocycles. The van der Waals surface area contributed by atoms with Crippen molar-refractivity contribution in [1.29, 1.82) is 0 Å². The molecule has 0 saturated carbocycles. The highest BCUT2D eigenvalue weighted by Crippen LogP contribution is 2.35. The summed E-state index contributed by atoms with van der Waals surface area (Å²) in [7, 11) is 0. The summed E-state index contributed by atoms with van der Waals surface area (Å²) in [6.07, 6.45) is 5.04. The zero-order valence-electron chi connectivity index (χ0n) is 17.3. The third kappa shape index (κ3) is 4.21. The van der Waals surface area contributed by atoms with Crippen LogP contribution in [0.2, 0.25) is 0 Å². The Kier molecular flexibility index (Phi) is 5.48. The van der Waals surface area contributed by atoms with Crippen molar-refractivity contribution in [3.8, 4) is 11.5 Å². The number of carbonyl (C=O) groups excluding carboxylic acids is 1. The summed E-state index contributed by atoms with van der Waals surface area (Å²) in [5, 5.41) is 0. The van der Waals surface area contributed by atoms with Crippen LogP contribution in [0, 0.1) is 0 Å². The Morgan fingerprint density at radius 3 is 2.61 bits per heavy atom. The molecular weight excluding hydrogens is 394 g/mol. The van der Waals surface area contributed by atoms with E-state index in [1.165, 1.54) is 0 Å². The van der Waals surface area contributed by atoms with Crippen LogP contribution in [0.1, 0.15) is 29.1 Å². The van der Waals surface area contributed by atoms with Crippen molar-refractivity contribution in [3.63, 3.8) is 0 Å². The van der Waals surface area contributed by atoms with Crippen molar-refractivity contribution in [2.45, 2.75) is 25.4 Å². The fraction of sp³-hybridized carbons (Fsp3) is 0.333. The van der Waals surface area contributed by atoms with E-state index in [9.17, 15) is 4.79 Å². The number of hydrogen-bond donors (Lipinski definition) is 0. The second-order valence-corrected chi connectivity index (χ2v) is 7.77. The number of benzene rings is 1. The van der Waals surface area contributed by atoms with Gasteiger partial charge in [0.1, 0.15) is 24.7 Å². The minimum Gasteiger partial charge on any atom is -0.486 e. The van der Waals surface area contributed by atoms with E-state index < -0.39 is 0 Å². The maximum atomic E-state index is 13.3. The fourth-order valence-corrected chi connectivity index (χ4v) is 4.24. The van der Waals surface area contributed by atoms with Crippen LogP contribution in [0.4, 0.5) is 5.69 Å². The summed E-state index contributed by atoms with van der Waals surface area (Å²) in [5.74, 6) is 2.32. The normalized spacial score (nSPS) is 16.2. The first-order valence-corrected chi connectivity index (χ1v) is 10.7. The van der Waals surface area contributed by atoms with Crippen molar-refractivity contribution in [3.05, 3.63) is 72.4 Å². The Hall–Kier alpha value is -3.48. The van der Waals surface area contributed by atoms with Gasteiger partial charge in [0, 0.05) is 37.1 Å². The monoisotopic (exact) mass is 419 g/mol. The van der Waals surface area contributed by atoms with Gasteiger partial charge in [0.15, 0.2) is 11.5 Å². The van der Waals surface area contributed by atoms with Gasteiger partial charge < -0.3 is 23.7 Å². The summed E-state index contributed by atoms with van der Waals surface area (Å²) < 4.78 is 16.9. The van der Waals surface area contributed by atoms with Gasteiger partial charge in [0.05, 0.1) is 12.8 Å². The number of anilines is 1. The van der Waals surface area contributed by atoms with Crippen molar-refractivity contribution in [2.75, 3.05) is 31.2 Å². The van der Waals surface area contributed by atoms with Crippen LogP contribution >= 0.6 is 0 Å². The van der Waals surface area contributed by atoms with E-state index >= 15 is 0 Å². The second kappa shape index (κ2) is 8.71. The molecule has 2 aliphatic heterocycles. The lowest BCUT2D eigenvalue weighted by Gasteiger charge is -2.39. The highest BCUT2D eigenvalue weighted by molar-refractivity contribution is 5.92. The minimum absolute atomic E-state index is 0.0604. The molecule has 0 bridgehead atoms. The van der Waals surface area contributed by atoms with E-state index in [2.05, 4.69) is 22.0 Å². The molecule has 2 aromatic heterocycles. The van der Waals surface area contributed by atoms with Gasteiger partial charge >= 0.3 is 0 Å². The molecule has 1 aromatic carbocycles. The van der Waals surface area contributed by atoms with Crippen LogP contribution in [-0.4, -0.2) is 48.1 Å². The smallest absolute Gasteiger partial charge is 0.273 e. The molecule has 7 heteroatoms. The number of carbonyl (C=O) groups is 1. The Bertz CT molecular complexity index is 1010. The average molecular weight is 419 g/mol. The molecule has 1 fully saturated rings. The zero-order chi connectivity index (χ0) is 21.0. The van der Waals surface area contributed by atoms with Crippen molar-refractivity contribution < 1.29 is 18.7 Å². The highest BCUT2D eigenvalue weighted by Gasteiger charge is 2.30. The average Bonchev–Trinajstić information content (AvgIpc) is 3.36. The van der Waals surface area contributed by atoms with Crippen LogP contribution in [-0.2, 0) is 6.54 Å². The Morgan fingerprint density at radius 2 is 1.87 bits per heavy atom. The third-order valence-corrected chi connectivity index (χ3v) is 5.85. The summed E-state index contributed by atoms with van der Waals surface area (Å²) in [6, 6.07) is 15.4. The van der Waals surface area contributed by atoms with Crippen molar-refractivity contribution in [2.24, 2.45) is 0 Å². The molecule has 3 aromatic rings. The van der Waals surface area contributed by atoms with Gasteiger partial charge in [0.25, 0.3) is 5.91 Å². The van der Waals surface area contributed by atoms with Gasteiger partial charge in [0.2, 0.25) is 0 Å². The molecule has 0 atom stereocenters. The number of rotatable bonds is 5. The third-order valence-electron chi connectivity index (χ3n) is 5.85. The molecule has 1 saturated heterocycles. The predicted octanol–water partition coefficient (Wildman–Crippen LogP) is 3.76. The lowest BCUT2D eigenvalue weighted by Crippen LogP contribution is -2.47. The van der Waals surface area contributed by atoms with Crippen LogP contribution < -0.4 is 14.4 Å². The van der Waals surface area contributed by atoms with Gasteiger partial charge in [-0.3, -0.25) is 9.78 Å².